The van der Waals surface area contributed by atoms with Gasteiger partial charge in [-0.2, -0.15) is 0 Å². The highest BCUT2D eigenvalue weighted by Crippen LogP contribution is 2.43. The van der Waals surface area contributed by atoms with E-state index >= 15 is 0 Å². The zero-order valence-electron chi connectivity index (χ0n) is 26.0. The van der Waals surface area contributed by atoms with Gasteiger partial charge in [0, 0.05) is 41.1 Å². The van der Waals surface area contributed by atoms with Crippen LogP contribution in [0, 0.1) is 13.8 Å². The molecule has 0 aliphatic heterocycles. The van der Waals surface area contributed by atoms with E-state index in [1.165, 1.54) is 128 Å². The number of rotatable bonds is 14. The monoisotopic (exact) mass is 590 g/mol. The van der Waals surface area contributed by atoms with E-state index in [2.05, 4.69) is 113 Å². The number of unbranched alkanes of at least 4 members (excludes halogenated alkanes) is 6. The van der Waals surface area contributed by atoms with Crippen LogP contribution in [0.2, 0.25) is 0 Å². The molecule has 5 aromatic rings. The predicted molar refractivity (Wildman–Crippen MR) is 193 cm³/mol. The summed E-state index contributed by atoms with van der Waals surface area (Å²) in [6.45, 7) is 9.03. The van der Waals surface area contributed by atoms with Crippen molar-refractivity contribution >= 4 is 67.1 Å². The lowest BCUT2D eigenvalue weighted by molar-refractivity contribution is 0.667. The summed E-state index contributed by atoms with van der Waals surface area (Å²) in [6, 6.07) is 23.2. The molecule has 5 rings (SSSR count). The first-order valence-electron chi connectivity index (χ1n) is 16.1. The molecule has 0 aliphatic carbocycles. The second kappa shape index (κ2) is 15.0. The zero-order chi connectivity index (χ0) is 29.3. The first-order valence-corrected chi connectivity index (χ1v) is 17.7. The van der Waals surface area contributed by atoms with Gasteiger partial charge >= 0.3 is 0 Å². The number of aryl methyl sites for hydroxylation is 4. The molecular weight excluding hydrogens is 545 g/mol. The summed E-state index contributed by atoms with van der Waals surface area (Å²) in [4.78, 5) is 2.73. The van der Waals surface area contributed by atoms with Crippen LogP contribution in [0.3, 0.4) is 0 Å². The molecule has 2 heterocycles. The number of hydrogen-bond donors (Lipinski definition) is 0. The van der Waals surface area contributed by atoms with Crippen molar-refractivity contribution in [2.45, 2.75) is 91.9 Å². The van der Waals surface area contributed by atoms with E-state index in [0.717, 1.165) is 0 Å². The summed E-state index contributed by atoms with van der Waals surface area (Å²) in [5, 5.41) is 2.75. The minimum absolute atomic E-state index is 1.19. The van der Waals surface area contributed by atoms with E-state index in [1.54, 1.807) is 0 Å². The maximum atomic E-state index is 2.39. The Balaban J connectivity index is 1.41. The zero-order valence-corrected chi connectivity index (χ0v) is 27.6. The highest BCUT2D eigenvalue weighted by atomic mass is 32.1. The molecule has 0 nitrogen and oxygen atoms in total. The largest absolute Gasteiger partial charge is 0.140 e. The van der Waals surface area contributed by atoms with Crippen molar-refractivity contribution < 1.29 is 0 Å². The van der Waals surface area contributed by atoms with Crippen molar-refractivity contribution in [3.05, 3.63) is 104 Å². The molecule has 0 saturated heterocycles. The highest BCUT2D eigenvalue weighted by Gasteiger charge is 2.16. The third-order valence-electron chi connectivity index (χ3n) is 8.26. The molecule has 218 valence electrons. The van der Waals surface area contributed by atoms with Crippen LogP contribution in [0.15, 0.2) is 60.7 Å². The topological polar surface area (TPSA) is 0 Å². The number of benzene rings is 3. The minimum atomic E-state index is 1.19. The fourth-order valence-electron chi connectivity index (χ4n) is 5.87. The molecular formula is C40H46S2. The molecule has 0 spiro atoms. The molecule has 3 aromatic carbocycles. The summed E-state index contributed by atoms with van der Waals surface area (Å²) < 4.78 is 2.78. The lowest BCUT2D eigenvalue weighted by Crippen LogP contribution is -1.86. The Morgan fingerprint density at radius 2 is 0.905 bits per heavy atom. The lowest BCUT2D eigenvalue weighted by Gasteiger charge is -2.07. The van der Waals surface area contributed by atoms with E-state index in [9.17, 15) is 0 Å². The summed E-state index contributed by atoms with van der Waals surface area (Å²) in [7, 11) is 0. The van der Waals surface area contributed by atoms with Crippen molar-refractivity contribution in [2.75, 3.05) is 0 Å². The van der Waals surface area contributed by atoms with Crippen molar-refractivity contribution in [2.24, 2.45) is 0 Å². The maximum Gasteiger partial charge on any atom is 0.0431 e. The minimum Gasteiger partial charge on any atom is -0.140 e. The van der Waals surface area contributed by atoms with Crippen LogP contribution in [0.1, 0.15) is 108 Å². The Morgan fingerprint density at radius 1 is 0.500 bits per heavy atom. The Bertz CT molecular complexity index is 1460. The molecule has 0 atom stereocenters. The van der Waals surface area contributed by atoms with Crippen LogP contribution in [0.25, 0.3) is 44.5 Å². The molecule has 0 N–H and O–H groups in total. The third kappa shape index (κ3) is 7.71. The second-order valence-electron chi connectivity index (χ2n) is 11.8. The van der Waals surface area contributed by atoms with Gasteiger partial charge in [0.15, 0.2) is 0 Å². The van der Waals surface area contributed by atoms with Gasteiger partial charge in [-0.1, -0.05) is 125 Å². The maximum absolute atomic E-state index is 2.39. The van der Waals surface area contributed by atoms with Crippen molar-refractivity contribution in [1.29, 1.82) is 0 Å². The molecule has 2 heteroatoms. The predicted octanol–water partition coefficient (Wildman–Crippen LogP) is 13.3. The first kappa shape index (κ1) is 30.5. The number of fused-ring (bicyclic) bond motifs is 2. The van der Waals surface area contributed by atoms with Crippen LogP contribution >= 0.6 is 22.7 Å². The Hall–Kier alpha value is -2.94. The van der Waals surface area contributed by atoms with E-state index in [-0.39, 0.29) is 0 Å². The Labute approximate surface area is 261 Å². The SMILES string of the molecule is CCCCCCc1ccc(C=Cc2c3cc(C)sc3c(C=Cc3ccc(CCCCCC)cc3)c3cc(C)sc23)cc1. The van der Waals surface area contributed by atoms with Crippen LogP contribution in [0.4, 0.5) is 0 Å². The normalized spacial score (nSPS) is 12.1. The van der Waals surface area contributed by atoms with Gasteiger partial charge in [0.2, 0.25) is 0 Å². The molecule has 0 radical (unpaired) electrons. The van der Waals surface area contributed by atoms with E-state index < -0.39 is 0 Å². The molecule has 0 amide bonds. The van der Waals surface area contributed by atoms with Crippen molar-refractivity contribution in [1.82, 2.24) is 0 Å². The van der Waals surface area contributed by atoms with Crippen LogP contribution < -0.4 is 0 Å². The van der Waals surface area contributed by atoms with Crippen LogP contribution in [0.5, 0.6) is 0 Å². The Morgan fingerprint density at radius 3 is 1.29 bits per heavy atom. The van der Waals surface area contributed by atoms with E-state index in [4.69, 9.17) is 0 Å². The molecule has 0 unspecified atom stereocenters. The molecule has 2 aromatic heterocycles. The molecule has 0 bridgehead atoms. The van der Waals surface area contributed by atoms with Gasteiger partial charge in [-0.15, -0.1) is 22.7 Å². The summed E-state index contributed by atoms with van der Waals surface area (Å²) in [5.74, 6) is 0. The van der Waals surface area contributed by atoms with Gasteiger partial charge < -0.3 is 0 Å². The van der Waals surface area contributed by atoms with Gasteiger partial charge in [-0.05, 0) is 73.9 Å². The quantitative estimate of drug-likeness (QED) is 0.0891. The van der Waals surface area contributed by atoms with Gasteiger partial charge in [-0.25, -0.2) is 0 Å². The van der Waals surface area contributed by atoms with Crippen molar-refractivity contribution in [3.63, 3.8) is 0 Å². The average Bonchev–Trinajstić information content (AvgIpc) is 3.58. The van der Waals surface area contributed by atoms with Gasteiger partial charge in [0.05, 0.1) is 0 Å². The standard InChI is InChI=1S/C40H46S2/c1-5-7-9-11-13-31-15-19-33(20-16-31)23-25-35-37-27-29(3)42-40(37)36(38-28-30(4)41-39(35)38)26-24-34-21-17-32(18-22-34)14-12-10-8-6-2/h15-28H,5-14H2,1-4H3. The average molecular weight is 591 g/mol. The summed E-state index contributed by atoms with van der Waals surface area (Å²) in [5.41, 5.74) is 8.16. The van der Waals surface area contributed by atoms with Crippen LogP contribution in [-0.4, -0.2) is 0 Å². The lowest BCUT2D eigenvalue weighted by atomic mass is 9.99. The molecule has 0 saturated carbocycles. The van der Waals surface area contributed by atoms with Crippen molar-refractivity contribution in [3.8, 4) is 0 Å². The first-order chi connectivity index (χ1) is 20.6. The summed E-state index contributed by atoms with van der Waals surface area (Å²) >= 11 is 3.84. The Kier molecular flexibility index (Phi) is 10.9. The molecule has 0 fully saturated rings. The van der Waals surface area contributed by atoms with E-state index in [1.807, 2.05) is 22.7 Å². The van der Waals surface area contributed by atoms with Gasteiger partial charge in [0.1, 0.15) is 0 Å². The summed E-state index contributed by atoms with van der Waals surface area (Å²) in [6.07, 6.45) is 22.2. The van der Waals surface area contributed by atoms with Gasteiger partial charge in [0.25, 0.3) is 0 Å². The molecule has 42 heavy (non-hydrogen) atoms. The highest BCUT2D eigenvalue weighted by molar-refractivity contribution is 7.21. The second-order valence-corrected chi connectivity index (χ2v) is 14.3. The number of hydrogen-bond acceptors (Lipinski definition) is 2. The fourth-order valence-corrected chi connectivity index (χ4v) is 8.00. The smallest absolute Gasteiger partial charge is 0.0431 e. The van der Waals surface area contributed by atoms with Gasteiger partial charge in [-0.3, -0.25) is 0 Å². The third-order valence-corrected chi connectivity index (χ3v) is 10.4. The van der Waals surface area contributed by atoms with Crippen LogP contribution in [-0.2, 0) is 12.8 Å². The van der Waals surface area contributed by atoms with E-state index in [0.29, 0.717) is 0 Å². The number of thiophene rings is 2. The molecule has 0 aliphatic rings. The fraction of sp³-hybridized carbons (Fsp3) is 0.350.